The highest BCUT2D eigenvalue weighted by atomic mass is 16.8. The number of hydrogen-bond acceptors (Lipinski definition) is 12. The maximum absolute atomic E-state index is 12.0. The molecule has 2 aliphatic rings. The molecular weight excluding hydrogens is 480 g/mol. The number of hydrogen-bond donors (Lipinski definition) is 6. The van der Waals surface area contributed by atoms with Crippen molar-refractivity contribution in [1.82, 2.24) is 0 Å². The van der Waals surface area contributed by atoms with Crippen molar-refractivity contribution in [3.8, 4) is 5.75 Å². The number of carbonyl (C=O) groups excluding carboxylic acids is 1. The van der Waals surface area contributed by atoms with Crippen molar-refractivity contribution >= 4 is 5.97 Å². The molecular formula is C24H36O12. The van der Waals surface area contributed by atoms with Crippen molar-refractivity contribution in [1.29, 1.82) is 0 Å². The first-order chi connectivity index (χ1) is 17.1. The van der Waals surface area contributed by atoms with Gasteiger partial charge in [-0.25, -0.2) is 0 Å². The van der Waals surface area contributed by atoms with Crippen LogP contribution in [0.5, 0.6) is 5.75 Å². The second-order valence-electron chi connectivity index (χ2n) is 9.19. The minimum atomic E-state index is -1.96. The summed E-state index contributed by atoms with van der Waals surface area (Å²) >= 11 is 0. The van der Waals surface area contributed by atoms with Crippen molar-refractivity contribution in [3.05, 3.63) is 29.8 Å². The number of benzene rings is 1. The third-order valence-electron chi connectivity index (χ3n) is 6.48. The van der Waals surface area contributed by atoms with Gasteiger partial charge in [0.05, 0.1) is 19.1 Å². The topological polar surface area (TPSA) is 185 Å². The molecule has 12 nitrogen and oxygen atoms in total. The van der Waals surface area contributed by atoms with E-state index in [-0.39, 0.29) is 12.5 Å². The van der Waals surface area contributed by atoms with E-state index >= 15 is 0 Å². The molecule has 204 valence electrons. The summed E-state index contributed by atoms with van der Waals surface area (Å²) in [5, 5.41) is 61.1. The zero-order chi connectivity index (χ0) is 26.5. The third kappa shape index (κ3) is 6.52. The molecule has 3 rings (SSSR count). The van der Waals surface area contributed by atoms with Crippen molar-refractivity contribution in [3.63, 3.8) is 0 Å². The molecule has 36 heavy (non-hydrogen) atoms. The van der Waals surface area contributed by atoms with Crippen molar-refractivity contribution in [2.75, 3.05) is 26.4 Å². The molecule has 2 heterocycles. The van der Waals surface area contributed by atoms with E-state index in [9.17, 15) is 30.3 Å². The van der Waals surface area contributed by atoms with Gasteiger partial charge in [-0.1, -0.05) is 26.0 Å². The SMILES string of the molecule is CCC(C)C(=O)OC[C@@]1(O)CO[C@@H](O[C@H]2[C@H](Oc3ccc(CCO)cc3)O[C@H](CO)[C@@H](O)[C@@H]2O)[C@@H]1O. The fourth-order valence-corrected chi connectivity index (χ4v) is 3.85. The molecule has 0 bridgehead atoms. The highest BCUT2D eigenvalue weighted by Crippen LogP contribution is 2.32. The second kappa shape index (κ2) is 12.6. The lowest BCUT2D eigenvalue weighted by Crippen LogP contribution is -2.62. The molecule has 6 N–H and O–H groups in total. The fraction of sp³-hybridized carbons (Fsp3) is 0.708. The Bertz CT molecular complexity index is 835. The lowest BCUT2D eigenvalue weighted by Gasteiger charge is -2.42. The number of esters is 1. The zero-order valence-electron chi connectivity index (χ0n) is 20.3. The molecule has 0 aromatic heterocycles. The number of aliphatic hydroxyl groups excluding tert-OH is 5. The number of aliphatic hydroxyl groups is 6. The molecule has 0 radical (unpaired) electrons. The molecule has 1 aromatic rings. The van der Waals surface area contributed by atoms with E-state index in [1.54, 1.807) is 31.2 Å². The Morgan fingerprint density at radius 2 is 1.83 bits per heavy atom. The van der Waals surface area contributed by atoms with Crippen LogP contribution in [0, 0.1) is 5.92 Å². The van der Waals surface area contributed by atoms with Gasteiger partial charge in [-0.05, 0) is 30.5 Å². The summed E-state index contributed by atoms with van der Waals surface area (Å²) in [5.41, 5.74) is -1.10. The molecule has 2 fully saturated rings. The van der Waals surface area contributed by atoms with Crippen LogP contribution in [0.25, 0.3) is 0 Å². The van der Waals surface area contributed by atoms with Gasteiger partial charge in [0, 0.05) is 6.61 Å². The van der Waals surface area contributed by atoms with Crippen LogP contribution in [0.4, 0.5) is 0 Å². The zero-order valence-corrected chi connectivity index (χ0v) is 20.3. The predicted octanol–water partition coefficient (Wildman–Crippen LogP) is -1.54. The molecule has 0 spiro atoms. The molecule has 12 heteroatoms. The van der Waals surface area contributed by atoms with Crippen molar-refractivity contribution in [2.45, 2.75) is 75.4 Å². The fourth-order valence-electron chi connectivity index (χ4n) is 3.85. The van der Waals surface area contributed by atoms with Gasteiger partial charge < -0.3 is 54.3 Å². The summed E-state index contributed by atoms with van der Waals surface area (Å²) in [5.74, 6) is -0.599. The van der Waals surface area contributed by atoms with E-state index in [0.717, 1.165) is 5.56 Å². The monoisotopic (exact) mass is 516 g/mol. The molecule has 0 amide bonds. The molecule has 1 unspecified atom stereocenters. The summed E-state index contributed by atoms with van der Waals surface area (Å²) in [6, 6.07) is 6.68. The number of carbonyl (C=O) groups is 1. The summed E-state index contributed by atoms with van der Waals surface area (Å²) in [7, 11) is 0. The van der Waals surface area contributed by atoms with Crippen LogP contribution < -0.4 is 4.74 Å². The van der Waals surface area contributed by atoms with Crippen LogP contribution >= 0.6 is 0 Å². The van der Waals surface area contributed by atoms with E-state index in [2.05, 4.69) is 0 Å². The highest BCUT2D eigenvalue weighted by Gasteiger charge is 2.54. The largest absolute Gasteiger partial charge is 0.462 e. The average Bonchev–Trinajstić information content (AvgIpc) is 3.16. The Labute approximate surface area is 208 Å². The summed E-state index contributed by atoms with van der Waals surface area (Å²) in [4.78, 5) is 12.0. The standard InChI is InChI=1S/C24H36O12/c1-3-13(2)21(30)32-11-24(31)12-33-23(20(24)29)36-19-18(28)17(27)16(10-26)35-22(19)34-15-6-4-14(5-7-15)8-9-25/h4-7,13,16-20,22-23,25-29,31H,3,8-12H2,1-2H3/t13?,16-,17-,18+,19-,20+,22-,23+,24-/m1/s1. The molecule has 1 aromatic carbocycles. The summed E-state index contributed by atoms with van der Waals surface area (Å²) < 4.78 is 27.6. The summed E-state index contributed by atoms with van der Waals surface area (Å²) in [6.45, 7) is 1.91. The Morgan fingerprint density at radius 1 is 1.14 bits per heavy atom. The van der Waals surface area contributed by atoms with Gasteiger partial charge in [0.25, 0.3) is 0 Å². The lowest BCUT2D eigenvalue weighted by atomic mass is 9.98. The third-order valence-corrected chi connectivity index (χ3v) is 6.48. The second-order valence-corrected chi connectivity index (χ2v) is 9.19. The predicted molar refractivity (Wildman–Crippen MR) is 122 cm³/mol. The minimum absolute atomic E-state index is 0.0169. The highest BCUT2D eigenvalue weighted by molar-refractivity contribution is 5.71. The molecule has 9 atom stereocenters. The lowest BCUT2D eigenvalue weighted by molar-refractivity contribution is -0.318. The Kier molecular flexibility index (Phi) is 10.0. The molecule has 2 saturated heterocycles. The quantitative estimate of drug-likeness (QED) is 0.187. The van der Waals surface area contributed by atoms with Gasteiger partial charge in [0.2, 0.25) is 6.29 Å². The Balaban J connectivity index is 1.71. The first kappa shape index (κ1) is 28.7. The van der Waals surface area contributed by atoms with Gasteiger partial charge in [0.1, 0.15) is 36.8 Å². The molecule has 0 saturated carbocycles. The van der Waals surface area contributed by atoms with Crippen LogP contribution in [0.3, 0.4) is 0 Å². The normalized spacial score (nSPS) is 35.4. The van der Waals surface area contributed by atoms with Crippen LogP contribution in [0.1, 0.15) is 25.8 Å². The van der Waals surface area contributed by atoms with Crippen LogP contribution in [-0.2, 0) is 30.2 Å². The minimum Gasteiger partial charge on any atom is -0.462 e. The van der Waals surface area contributed by atoms with Crippen LogP contribution in [0.15, 0.2) is 24.3 Å². The average molecular weight is 517 g/mol. The molecule has 2 aliphatic heterocycles. The number of ether oxygens (including phenoxy) is 5. The first-order valence-corrected chi connectivity index (χ1v) is 12.0. The maximum Gasteiger partial charge on any atom is 0.308 e. The van der Waals surface area contributed by atoms with Crippen LogP contribution in [0.2, 0.25) is 0 Å². The van der Waals surface area contributed by atoms with E-state index in [0.29, 0.717) is 18.6 Å². The van der Waals surface area contributed by atoms with Gasteiger partial charge >= 0.3 is 5.97 Å². The van der Waals surface area contributed by atoms with Gasteiger partial charge in [-0.3, -0.25) is 4.79 Å². The Hall–Kier alpha value is -1.87. The van der Waals surface area contributed by atoms with Gasteiger partial charge in [-0.2, -0.15) is 0 Å². The number of rotatable bonds is 11. The van der Waals surface area contributed by atoms with Gasteiger partial charge in [0.15, 0.2) is 18.0 Å². The molecule has 0 aliphatic carbocycles. The summed E-state index contributed by atoms with van der Waals surface area (Å²) in [6.07, 6.45) is -9.20. The van der Waals surface area contributed by atoms with Crippen molar-refractivity contribution in [2.24, 2.45) is 5.92 Å². The van der Waals surface area contributed by atoms with E-state index in [4.69, 9.17) is 28.8 Å². The smallest absolute Gasteiger partial charge is 0.308 e. The van der Waals surface area contributed by atoms with Gasteiger partial charge in [-0.15, -0.1) is 0 Å². The Morgan fingerprint density at radius 3 is 2.44 bits per heavy atom. The van der Waals surface area contributed by atoms with Crippen LogP contribution in [-0.4, -0.2) is 112 Å². The maximum atomic E-state index is 12.0. The first-order valence-electron chi connectivity index (χ1n) is 12.0. The van der Waals surface area contributed by atoms with Crippen molar-refractivity contribution < 1.29 is 59.1 Å². The van der Waals surface area contributed by atoms with E-state index in [1.807, 2.05) is 6.92 Å². The van der Waals surface area contributed by atoms with E-state index < -0.39 is 74.5 Å². The van der Waals surface area contributed by atoms with E-state index in [1.165, 1.54) is 0 Å².